The van der Waals surface area contributed by atoms with Gasteiger partial charge in [0.05, 0.1) is 94.3 Å². The lowest BCUT2D eigenvalue weighted by Gasteiger charge is -2.41. The van der Waals surface area contributed by atoms with Crippen LogP contribution in [0.4, 0.5) is 0 Å². The molecule has 0 spiro atoms. The van der Waals surface area contributed by atoms with Crippen LogP contribution in [0.15, 0.2) is 54.1 Å². The molecule has 2 aliphatic rings. The van der Waals surface area contributed by atoms with Crippen molar-refractivity contribution in [2.45, 2.75) is 129 Å². The molecule has 3 heterocycles. The molecule has 2 N–H and O–H groups in total. The molecule has 1 aromatic carbocycles. The van der Waals surface area contributed by atoms with Gasteiger partial charge in [-0.15, -0.1) is 11.3 Å². The van der Waals surface area contributed by atoms with Crippen LogP contribution in [0.25, 0.3) is 0 Å². The van der Waals surface area contributed by atoms with Crippen LogP contribution >= 0.6 is 23.6 Å². The number of thiocarbonyl (C=S) groups is 1. The number of hydrogen-bond donors (Lipinski definition) is 2. The highest BCUT2D eigenvalue weighted by Crippen LogP contribution is 2.31. The maximum absolute atomic E-state index is 14.7. The minimum atomic E-state index is -0.936. The van der Waals surface area contributed by atoms with Crippen LogP contribution < -0.4 is 10.6 Å². The molecular formula is C54H83N7O11S2. The minimum Gasteiger partial charge on any atom is -0.379 e. The van der Waals surface area contributed by atoms with E-state index in [1.54, 1.807) is 50.7 Å². The van der Waals surface area contributed by atoms with Gasteiger partial charge in [0, 0.05) is 64.5 Å². The topological polar surface area (TPSA) is 198 Å². The molecule has 1 aromatic heterocycles. The number of carbonyl (C=O) groups excluding carboxylic acids is 6. The summed E-state index contributed by atoms with van der Waals surface area (Å²) in [6.45, 7) is 15.6. The number of imide groups is 1. The van der Waals surface area contributed by atoms with Gasteiger partial charge in [-0.1, -0.05) is 97.4 Å². The van der Waals surface area contributed by atoms with E-state index in [-0.39, 0.29) is 130 Å². The number of benzene rings is 1. The molecule has 20 heteroatoms. The summed E-state index contributed by atoms with van der Waals surface area (Å²) in [4.78, 5) is 91.3. The van der Waals surface area contributed by atoms with Gasteiger partial charge < -0.3 is 49.0 Å². The molecule has 0 saturated carbocycles. The third-order valence-electron chi connectivity index (χ3n) is 14.1. The van der Waals surface area contributed by atoms with Gasteiger partial charge >= 0.3 is 0 Å². The Balaban J connectivity index is 1.33. The van der Waals surface area contributed by atoms with Crippen LogP contribution in [-0.4, -0.2) is 182 Å². The summed E-state index contributed by atoms with van der Waals surface area (Å²) in [6, 6.07) is 7.52. The van der Waals surface area contributed by atoms with E-state index in [1.165, 1.54) is 17.1 Å². The Morgan fingerprint density at radius 2 is 1.49 bits per heavy atom. The van der Waals surface area contributed by atoms with E-state index in [0.717, 1.165) is 28.3 Å². The van der Waals surface area contributed by atoms with Crippen molar-refractivity contribution in [1.29, 1.82) is 0 Å². The summed E-state index contributed by atoms with van der Waals surface area (Å²) in [7, 11) is 6.52. The third-order valence-corrected chi connectivity index (χ3v) is 15.5. The summed E-state index contributed by atoms with van der Waals surface area (Å²) in [5, 5.41) is 9.50. The fourth-order valence-electron chi connectivity index (χ4n) is 9.80. The second-order valence-corrected chi connectivity index (χ2v) is 21.2. The Hall–Kier alpha value is -4.70. The van der Waals surface area contributed by atoms with Crippen LogP contribution in [0.5, 0.6) is 0 Å². The van der Waals surface area contributed by atoms with Gasteiger partial charge in [0.15, 0.2) is 0 Å². The molecule has 2 aromatic rings. The molecule has 0 aliphatic carbocycles. The molecular weight excluding hydrogens is 987 g/mol. The van der Waals surface area contributed by atoms with Crippen molar-refractivity contribution in [3.8, 4) is 0 Å². The summed E-state index contributed by atoms with van der Waals surface area (Å²) in [5.74, 6) is -2.79. The average Bonchev–Trinajstić information content (AvgIpc) is 4.17. The molecule has 1 fully saturated rings. The number of hydrogen-bond acceptors (Lipinski definition) is 14. The number of likely N-dealkylation sites (N-methyl/N-ethyl adjacent to an activating group) is 2. The van der Waals surface area contributed by atoms with Crippen LogP contribution in [0, 0.1) is 23.7 Å². The molecule has 412 valence electrons. The highest BCUT2D eigenvalue weighted by atomic mass is 32.1. The molecule has 0 bridgehead atoms. The zero-order chi connectivity index (χ0) is 54.5. The van der Waals surface area contributed by atoms with E-state index in [1.807, 2.05) is 76.9 Å². The van der Waals surface area contributed by atoms with Crippen LogP contribution in [0.1, 0.15) is 97.2 Å². The molecule has 8 unspecified atom stereocenters. The summed E-state index contributed by atoms with van der Waals surface area (Å²) in [5.41, 5.74) is 1.16. The Bertz CT molecular complexity index is 2110. The summed E-state index contributed by atoms with van der Waals surface area (Å²) < 4.78 is 28.9. The molecule has 6 amide bonds. The number of thiazole rings is 1. The number of rotatable bonds is 33. The lowest BCUT2D eigenvalue weighted by molar-refractivity contribution is -0.148. The Labute approximate surface area is 448 Å². The zero-order valence-corrected chi connectivity index (χ0v) is 47.1. The zero-order valence-electron chi connectivity index (χ0n) is 45.5. The standard InChI is InChI=1S/C54H83N7O11S2/c1-12-37(6)49(42(68-10)34-46(65)60-24-16-19-41(60)50(69-11)38(7)52(73)56-40(53-55-23-32-74-53)33-39-17-14-13-15-18-39)59(9)54(67)47(35(2)3)57-51(66)48(36(4)5)58(8)43(62)22-26-70-28-30-72-31-29-71-27-25-61-44(63)20-21-45(61)64/h13-15,17-18,20-21,23,32,35-38,40-42,47-50H,12,16,19,22,24-31,33-34H2,1-11H3,(H,56,73)(H,57,66)/t37?,38?,40?,41-,42?,47?,48?,49?,50?/m0/s1. The van der Waals surface area contributed by atoms with Crippen molar-refractivity contribution in [3.05, 3.63) is 64.6 Å². The van der Waals surface area contributed by atoms with Crippen LogP contribution in [0.2, 0.25) is 0 Å². The number of ether oxygens (including phenoxy) is 5. The lowest BCUT2D eigenvalue weighted by Crippen LogP contribution is -2.60. The maximum Gasteiger partial charge on any atom is 0.253 e. The summed E-state index contributed by atoms with van der Waals surface area (Å²) in [6.07, 6.45) is 6.20. The van der Waals surface area contributed by atoms with Crippen molar-refractivity contribution < 1.29 is 52.5 Å². The van der Waals surface area contributed by atoms with Crippen molar-refractivity contribution in [2.75, 3.05) is 81.0 Å². The molecule has 0 radical (unpaired) electrons. The largest absolute Gasteiger partial charge is 0.379 e. The van der Waals surface area contributed by atoms with Gasteiger partial charge in [0.1, 0.15) is 17.1 Å². The fourth-order valence-corrected chi connectivity index (χ4v) is 10.8. The number of amides is 6. The molecule has 2 aliphatic heterocycles. The Morgan fingerprint density at radius 3 is 2.05 bits per heavy atom. The first-order chi connectivity index (χ1) is 35.4. The van der Waals surface area contributed by atoms with E-state index < -0.39 is 30.1 Å². The predicted octanol–water partition coefficient (Wildman–Crippen LogP) is 5.25. The first-order valence-corrected chi connectivity index (χ1v) is 27.3. The van der Waals surface area contributed by atoms with E-state index in [2.05, 4.69) is 27.8 Å². The fraction of sp³-hybridized carbons (Fsp3) is 0.667. The van der Waals surface area contributed by atoms with Crippen molar-refractivity contribution in [1.82, 2.24) is 35.2 Å². The molecule has 4 rings (SSSR count). The summed E-state index contributed by atoms with van der Waals surface area (Å²) >= 11 is 7.65. The number of carbonyl (C=O) groups is 6. The monoisotopic (exact) mass is 1070 g/mol. The van der Waals surface area contributed by atoms with E-state index in [9.17, 15) is 28.8 Å². The molecule has 18 nitrogen and oxygen atoms in total. The van der Waals surface area contributed by atoms with Gasteiger partial charge in [-0.3, -0.25) is 33.7 Å². The highest BCUT2D eigenvalue weighted by molar-refractivity contribution is 7.80. The lowest BCUT2D eigenvalue weighted by atomic mass is 9.89. The van der Waals surface area contributed by atoms with Crippen molar-refractivity contribution >= 4 is 64.0 Å². The van der Waals surface area contributed by atoms with Gasteiger partial charge in [0.2, 0.25) is 23.6 Å². The van der Waals surface area contributed by atoms with Crippen molar-refractivity contribution in [3.63, 3.8) is 0 Å². The number of nitrogens with one attached hydrogen (secondary N) is 2. The van der Waals surface area contributed by atoms with Crippen LogP contribution in [0.3, 0.4) is 0 Å². The van der Waals surface area contributed by atoms with E-state index in [4.69, 9.17) is 35.9 Å². The minimum absolute atomic E-state index is 0.0240. The number of aromatic nitrogens is 1. The SMILES string of the molecule is CCC(C)C(C(CC(=O)N1CCC[C@H]1C(OC)C(C)C(=S)NC(Cc1ccccc1)c1nccs1)OC)N(C)C(=O)C(NC(=O)C(C(C)C)N(C)C(=O)CCOCCOCCOCCN1C(=O)C=CC1=O)C(C)C. The predicted molar refractivity (Wildman–Crippen MR) is 288 cm³/mol. The number of methoxy groups -OCH3 is 2. The average molecular weight is 1070 g/mol. The van der Waals surface area contributed by atoms with Gasteiger partial charge in [0.25, 0.3) is 11.8 Å². The molecule has 1 saturated heterocycles. The van der Waals surface area contributed by atoms with Crippen LogP contribution in [-0.2, 0) is 58.9 Å². The Kier molecular flexibility index (Phi) is 26.2. The number of likely N-dealkylation sites (tertiary alicyclic amines) is 1. The second-order valence-electron chi connectivity index (χ2n) is 19.9. The normalized spacial score (nSPS) is 18.0. The third kappa shape index (κ3) is 17.7. The maximum atomic E-state index is 14.7. The van der Waals surface area contributed by atoms with Gasteiger partial charge in [-0.05, 0) is 42.6 Å². The van der Waals surface area contributed by atoms with E-state index >= 15 is 0 Å². The Morgan fingerprint density at radius 1 is 0.851 bits per heavy atom. The van der Waals surface area contributed by atoms with Gasteiger partial charge in [-0.2, -0.15) is 0 Å². The van der Waals surface area contributed by atoms with Gasteiger partial charge in [-0.25, -0.2) is 4.98 Å². The first-order valence-electron chi connectivity index (χ1n) is 26.0. The number of nitrogens with zero attached hydrogens (tertiary/aromatic N) is 5. The molecule has 9 atom stereocenters. The van der Waals surface area contributed by atoms with E-state index in [0.29, 0.717) is 24.4 Å². The quantitative estimate of drug-likeness (QED) is 0.0534. The molecule has 74 heavy (non-hydrogen) atoms. The van der Waals surface area contributed by atoms with Crippen molar-refractivity contribution in [2.24, 2.45) is 23.7 Å². The first kappa shape index (κ1) is 61.8. The second kappa shape index (κ2) is 31.4. The smallest absolute Gasteiger partial charge is 0.253 e. The highest BCUT2D eigenvalue weighted by Gasteiger charge is 2.43.